The van der Waals surface area contributed by atoms with Crippen LogP contribution in [0.1, 0.15) is 16.7 Å². The molecule has 24 heavy (non-hydrogen) atoms. The number of anilines is 1. The van der Waals surface area contributed by atoms with Gasteiger partial charge in [-0.05, 0) is 49.6 Å². The van der Waals surface area contributed by atoms with E-state index < -0.39 is 0 Å². The maximum absolute atomic E-state index is 12.1. The predicted molar refractivity (Wildman–Crippen MR) is 104 cm³/mol. The van der Waals surface area contributed by atoms with Gasteiger partial charge in [0.2, 0.25) is 5.91 Å². The monoisotopic (exact) mass is 363 g/mol. The van der Waals surface area contributed by atoms with Gasteiger partial charge in [-0.2, -0.15) is 0 Å². The van der Waals surface area contributed by atoms with Crippen molar-refractivity contribution in [1.82, 2.24) is 0 Å². The summed E-state index contributed by atoms with van der Waals surface area (Å²) in [6, 6.07) is 11.8. The summed E-state index contributed by atoms with van der Waals surface area (Å²) >= 11 is 7.74. The number of halogens is 1. The summed E-state index contributed by atoms with van der Waals surface area (Å²) in [5.74, 6) is 1.97. The second kappa shape index (κ2) is 9.00. The van der Waals surface area contributed by atoms with Crippen molar-refractivity contribution in [3.8, 4) is 5.75 Å². The number of carbonyl (C=O) groups is 1. The molecule has 5 heteroatoms. The number of thioether (sulfide) groups is 1. The number of hydrogen-bond donors (Lipinski definition) is 1. The SMILES string of the molecule is Cc1cc(C)c(NC(=O)CSCCOc2ccccc2C)c(Cl)c1. The van der Waals surface area contributed by atoms with E-state index in [9.17, 15) is 4.79 Å². The Labute approximate surface area is 152 Å². The number of rotatable bonds is 7. The van der Waals surface area contributed by atoms with Gasteiger partial charge in [-0.25, -0.2) is 0 Å². The summed E-state index contributed by atoms with van der Waals surface area (Å²) in [5, 5.41) is 3.47. The van der Waals surface area contributed by atoms with Crippen LogP contribution < -0.4 is 10.1 Å². The number of aryl methyl sites for hydroxylation is 3. The molecule has 3 nitrogen and oxygen atoms in total. The minimum atomic E-state index is -0.0512. The van der Waals surface area contributed by atoms with E-state index in [0.717, 1.165) is 28.2 Å². The Morgan fingerprint density at radius 3 is 2.62 bits per heavy atom. The van der Waals surface area contributed by atoms with Gasteiger partial charge in [-0.1, -0.05) is 35.9 Å². The van der Waals surface area contributed by atoms with Gasteiger partial charge in [0.25, 0.3) is 0 Å². The fraction of sp³-hybridized carbons (Fsp3) is 0.316. The molecule has 1 N–H and O–H groups in total. The molecule has 1 amide bonds. The van der Waals surface area contributed by atoms with Gasteiger partial charge in [0.15, 0.2) is 0 Å². The highest BCUT2D eigenvalue weighted by molar-refractivity contribution is 7.99. The van der Waals surface area contributed by atoms with Gasteiger partial charge in [0.1, 0.15) is 5.75 Å². The summed E-state index contributed by atoms with van der Waals surface area (Å²) < 4.78 is 5.71. The second-order valence-corrected chi connectivity index (χ2v) is 7.17. The van der Waals surface area contributed by atoms with Gasteiger partial charge < -0.3 is 10.1 Å². The molecular formula is C19H22ClNO2S. The number of benzene rings is 2. The average Bonchev–Trinajstić information content (AvgIpc) is 2.52. The van der Waals surface area contributed by atoms with E-state index in [1.165, 1.54) is 0 Å². The molecule has 0 aromatic heterocycles. The van der Waals surface area contributed by atoms with E-state index in [4.69, 9.17) is 16.3 Å². The van der Waals surface area contributed by atoms with Crippen molar-refractivity contribution in [2.75, 3.05) is 23.4 Å². The third-order valence-electron chi connectivity index (χ3n) is 3.51. The molecule has 0 saturated heterocycles. The minimum absolute atomic E-state index is 0.0512. The normalized spacial score (nSPS) is 10.5. The molecule has 0 spiro atoms. The van der Waals surface area contributed by atoms with E-state index in [2.05, 4.69) is 5.32 Å². The molecule has 0 fully saturated rings. The second-order valence-electron chi connectivity index (χ2n) is 5.65. The van der Waals surface area contributed by atoms with Crippen LogP contribution in [0, 0.1) is 20.8 Å². The number of ether oxygens (including phenoxy) is 1. The summed E-state index contributed by atoms with van der Waals surface area (Å²) in [6.07, 6.45) is 0. The quantitative estimate of drug-likeness (QED) is 0.702. The van der Waals surface area contributed by atoms with Crippen molar-refractivity contribution < 1.29 is 9.53 Å². The van der Waals surface area contributed by atoms with Crippen LogP contribution in [0.4, 0.5) is 5.69 Å². The first-order valence-electron chi connectivity index (χ1n) is 7.80. The minimum Gasteiger partial charge on any atom is -0.492 e. The first-order chi connectivity index (χ1) is 11.5. The molecular weight excluding hydrogens is 342 g/mol. The highest BCUT2D eigenvalue weighted by Gasteiger charge is 2.09. The predicted octanol–water partition coefficient (Wildman–Crippen LogP) is 5.02. The molecule has 0 bridgehead atoms. The Kier molecular flexibility index (Phi) is 7.00. The van der Waals surface area contributed by atoms with Crippen LogP contribution in [0.3, 0.4) is 0 Å². The molecule has 0 aliphatic rings. The molecule has 2 aromatic carbocycles. The van der Waals surface area contributed by atoms with Crippen molar-refractivity contribution in [1.29, 1.82) is 0 Å². The van der Waals surface area contributed by atoms with Crippen LogP contribution in [0.15, 0.2) is 36.4 Å². The van der Waals surface area contributed by atoms with Gasteiger partial charge in [0, 0.05) is 5.75 Å². The van der Waals surface area contributed by atoms with Crippen LogP contribution in [0.25, 0.3) is 0 Å². The van der Waals surface area contributed by atoms with Crippen LogP contribution >= 0.6 is 23.4 Å². The zero-order valence-corrected chi connectivity index (χ0v) is 15.8. The first kappa shape index (κ1) is 18.7. The standard InChI is InChI=1S/C19H22ClNO2S/c1-13-10-15(3)19(16(20)11-13)21-18(22)12-24-9-8-23-17-7-5-4-6-14(17)2/h4-7,10-11H,8-9,12H2,1-3H3,(H,21,22). The topological polar surface area (TPSA) is 38.3 Å². The molecule has 0 unspecified atom stereocenters. The van der Waals surface area contributed by atoms with E-state index >= 15 is 0 Å². The lowest BCUT2D eigenvalue weighted by molar-refractivity contribution is -0.113. The Hall–Kier alpha value is -1.65. The summed E-state index contributed by atoms with van der Waals surface area (Å²) in [4.78, 5) is 12.1. The molecule has 0 aliphatic carbocycles. The Bertz CT molecular complexity index is 695. The molecule has 0 heterocycles. The van der Waals surface area contributed by atoms with Crippen molar-refractivity contribution in [3.05, 3.63) is 58.1 Å². The van der Waals surface area contributed by atoms with Crippen molar-refractivity contribution >= 4 is 35.0 Å². The van der Waals surface area contributed by atoms with Gasteiger partial charge in [-0.3, -0.25) is 4.79 Å². The fourth-order valence-corrected chi connectivity index (χ4v) is 3.31. The Morgan fingerprint density at radius 1 is 1.17 bits per heavy atom. The summed E-state index contributed by atoms with van der Waals surface area (Å²) in [6.45, 7) is 6.52. The van der Waals surface area contributed by atoms with E-state index in [-0.39, 0.29) is 5.91 Å². The third-order valence-corrected chi connectivity index (χ3v) is 4.73. The maximum Gasteiger partial charge on any atom is 0.234 e. The molecule has 0 saturated carbocycles. The smallest absolute Gasteiger partial charge is 0.234 e. The van der Waals surface area contributed by atoms with Crippen LogP contribution in [0.5, 0.6) is 5.75 Å². The zero-order chi connectivity index (χ0) is 17.5. The highest BCUT2D eigenvalue weighted by Crippen LogP contribution is 2.27. The summed E-state index contributed by atoms with van der Waals surface area (Å²) in [7, 11) is 0. The van der Waals surface area contributed by atoms with Crippen molar-refractivity contribution in [2.45, 2.75) is 20.8 Å². The zero-order valence-electron chi connectivity index (χ0n) is 14.2. The Balaban J connectivity index is 1.73. The van der Waals surface area contributed by atoms with Crippen molar-refractivity contribution in [2.24, 2.45) is 0 Å². The van der Waals surface area contributed by atoms with Crippen LogP contribution in [-0.2, 0) is 4.79 Å². The number of amides is 1. The van der Waals surface area contributed by atoms with E-state index in [1.807, 2.05) is 57.2 Å². The molecule has 0 aliphatic heterocycles. The molecule has 128 valence electrons. The molecule has 2 aromatic rings. The van der Waals surface area contributed by atoms with Gasteiger partial charge >= 0.3 is 0 Å². The number of para-hydroxylation sites is 1. The van der Waals surface area contributed by atoms with Crippen LogP contribution in [-0.4, -0.2) is 24.0 Å². The number of carbonyl (C=O) groups excluding carboxylic acids is 1. The third kappa shape index (κ3) is 5.46. The largest absolute Gasteiger partial charge is 0.492 e. The maximum atomic E-state index is 12.1. The summed E-state index contributed by atoms with van der Waals surface area (Å²) in [5.41, 5.74) is 3.87. The Morgan fingerprint density at radius 2 is 1.92 bits per heavy atom. The fourth-order valence-electron chi connectivity index (χ4n) is 2.34. The number of hydrogen-bond acceptors (Lipinski definition) is 3. The lowest BCUT2D eigenvalue weighted by Crippen LogP contribution is -2.16. The molecule has 0 atom stereocenters. The van der Waals surface area contributed by atoms with Crippen LogP contribution in [0.2, 0.25) is 5.02 Å². The van der Waals surface area contributed by atoms with Gasteiger partial charge in [0.05, 0.1) is 23.1 Å². The first-order valence-corrected chi connectivity index (χ1v) is 9.33. The molecule has 0 radical (unpaired) electrons. The average molecular weight is 364 g/mol. The lowest BCUT2D eigenvalue weighted by Gasteiger charge is -2.12. The van der Waals surface area contributed by atoms with Gasteiger partial charge in [-0.15, -0.1) is 11.8 Å². The van der Waals surface area contributed by atoms with E-state index in [0.29, 0.717) is 23.1 Å². The molecule has 2 rings (SSSR count). The highest BCUT2D eigenvalue weighted by atomic mass is 35.5. The number of nitrogens with one attached hydrogen (secondary N) is 1. The van der Waals surface area contributed by atoms with Crippen molar-refractivity contribution in [3.63, 3.8) is 0 Å². The van der Waals surface area contributed by atoms with E-state index in [1.54, 1.807) is 11.8 Å². The lowest BCUT2D eigenvalue weighted by atomic mass is 10.1.